The molecule has 6 heteroatoms. The van der Waals surface area contributed by atoms with Gasteiger partial charge in [0.25, 0.3) is 5.91 Å². The molecule has 3 rings (SSSR count). The van der Waals surface area contributed by atoms with Crippen molar-refractivity contribution in [2.45, 2.75) is 59.9 Å². The molecule has 0 radical (unpaired) electrons. The summed E-state index contributed by atoms with van der Waals surface area (Å²) in [7, 11) is 0. The molecule has 1 N–H and O–H groups in total. The predicted molar refractivity (Wildman–Crippen MR) is 115 cm³/mol. The number of ether oxygens (including phenoxy) is 1. The van der Waals surface area contributed by atoms with Crippen LogP contribution in [0.2, 0.25) is 0 Å². The maximum absolute atomic E-state index is 12.5. The zero-order valence-corrected chi connectivity index (χ0v) is 18.3. The van der Waals surface area contributed by atoms with Crippen LogP contribution in [0.15, 0.2) is 30.3 Å². The molecule has 0 bridgehead atoms. The molecular weight excluding hydrogens is 364 g/mol. The van der Waals surface area contributed by atoms with E-state index in [0.717, 1.165) is 37.6 Å². The Bertz CT molecular complexity index is 805. The maximum Gasteiger partial charge on any atom is 0.251 e. The molecule has 0 unspecified atom stereocenters. The van der Waals surface area contributed by atoms with Crippen molar-refractivity contribution in [1.82, 2.24) is 20.0 Å². The van der Waals surface area contributed by atoms with Gasteiger partial charge in [0.1, 0.15) is 0 Å². The third-order valence-electron chi connectivity index (χ3n) is 5.32. The summed E-state index contributed by atoms with van der Waals surface area (Å²) in [6.07, 6.45) is 0.528. The number of hydrogen-bond donors (Lipinski definition) is 1. The molecule has 1 aromatic carbocycles. The molecule has 0 spiro atoms. The Morgan fingerprint density at radius 2 is 1.86 bits per heavy atom. The molecular formula is C23H34N4O2. The molecule has 2 heterocycles. The highest BCUT2D eigenvalue weighted by atomic mass is 16.5. The first-order valence-electron chi connectivity index (χ1n) is 10.6. The van der Waals surface area contributed by atoms with Crippen molar-refractivity contribution in [1.29, 1.82) is 0 Å². The first-order chi connectivity index (χ1) is 13.8. The molecule has 1 saturated heterocycles. The van der Waals surface area contributed by atoms with Crippen molar-refractivity contribution in [2.24, 2.45) is 5.92 Å². The number of nitrogens with zero attached hydrogens (tertiary/aromatic N) is 3. The van der Waals surface area contributed by atoms with Gasteiger partial charge in [0.15, 0.2) is 0 Å². The molecule has 0 saturated carbocycles. The Hall–Kier alpha value is -2.18. The second kappa shape index (κ2) is 9.55. The van der Waals surface area contributed by atoms with Crippen LogP contribution in [-0.2, 0) is 17.8 Å². The molecule has 1 aliphatic heterocycles. The van der Waals surface area contributed by atoms with Gasteiger partial charge < -0.3 is 10.1 Å². The average molecular weight is 399 g/mol. The standard InChI is InChI=1S/C23H34N4O2/c1-16(12-27-18(3)10-17(2)25-27)11-24-23(28)22-8-6-21(7-9-22)15-26-13-19(4)29-20(5)14-26/h6-10,16,19-20H,11-15H2,1-5H3,(H,24,28)/t16-,19-,20+/m1/s1. The fourth-order valence-electron chi connectivity index (χ4n) is 4.02. The van der Waals surface area contributed by atoms with E-state index in [1.165, 1.54) is 5.56 Å². The Morgan fingerprint density at radius 3 is 2.45 bits per heavy atom. The smallest absolute Gasteiger partial charge is 0.251 e. The lowest BCUT2D eigenvalue weighted by Gasteiger charge is -2.35. The van der Waals surface area contributed by atoms with Crippen molar-refractivity contribution in [3.8, 4) is 0 Å². The first kappa shape index (κ1) is 21.5. The van der Waals surface area contributed by atoms with E-state index in [1.807, 2.05) is 23.7 Å². The number of carbonyl (C=O) groups excluding carboxylic acids is 1. The Balaban J connectivity index is 1.47. The van der Waals surface area contributed by atoms with Gasteiger partial charge in [-0.15, -0.1) is 0 Å². The zero-order valence-electron chi connectivity index (χ0n) is 18.3. The van der Waals surface area contributed by atoms with Crippen LogP contribution in [0.25, 0.3) is 0 Å². The van der Waals surface area contributed by atoms with Gasteiger partial charge in [0.2, 0.25) is 0 Å². The summed E-state index contributed by atoms with van der Waals surface area (Å²) in [6.45, 7) is 14.6. The lowest BCUT2D eigenvalue weighted by molar-refractivity contribution is -0.0704. The van der Waals surface area contributed by atoms with E-state index in [2.05, 4.69) is 61.2 Å². The van der Waals surface area contributed by atoms with Gasteiger partial charge in [0.05, 0.1) is 17.9 Å². The molecule has 2 aromatic rings. The normalized spacial score (nSPS) is 21.1. The highest BCUT2D eigenvalue weighted by Crippen LogP contribution is 2.15. The summed E-state index contributed by atoms with van der Waals surface area (Å²) in [5.41, 5.74) is 4.11. The number of carbonyl (C=O) groups is 1. The Morgan fingerprint density at radius 1 is 1.21 bits per heavy atom. The number of hydrogen-bond acceptors (Lipinski definition) is 4. The lowest BCUT2D eigenvalue weighted by atomic mass is 10.1. The average Bonchev–Trinajstić information content (AvgIpc) is 2.96. The number of rotatable bonds is 7. The van der Waals surface area contributed by atoms with Gasteiger partial charge in [0, 0.05) is 44.0 Å². The minimum absolute atomic E-state index is 0.0228. The van der Waals surface area contributed by atoms with Crippen LogP contribution >= 0.6 is 0 Å². The second-order valence-corrected chi connectivity index (χ2v) is 8.57. The molecule has 6 nitrogen and oxygen atoms in total. The summed E-state index contributed by atoms with van der Waals surface area (Å²) >= 11 is 0. The first-order valence-corrected chi connectivity index (χ1v) is 10.6. The molecule has 158 valence electrons. The van der Waals surface area contributed by atoms with Crippen molar-refractivity contribution in [3.05, 3.63) is 52.8 Å². The van der Waals surface area contributed by atoms with Gasteiger partial charge in [-0.25, -0.2) is 0 Å². The Kier molecular flexibility index (Phi) is 7.09. The summed E-state index contributed by atoms with van der Waals surface area (Å²) in [6, 6.07) is 10.0. The van der Waals surface area contributed by atoms with Crippen LogP contribution < -0.4 is 5.32 Å². The van der Waals surface area contributed by atoms with Crippen LogP contribution in [0, 0.1) is 19.8 Å². The van der Waals surface area contributed by atoms with Crippen LogP contribution in [0.3, 0.4) is 0 Å². The summed E-state index contributed by atoms with van der Waals surface area (Å²) < 4.78 is 7.80. The molecule has 0 aliphatic carbocycles. The summed E-state index contributed by atoms with van der Waals surface area (Å²) in [5.74, 6) is 0.284. The highest BCUT2D eigenvalue weighted by Gasteiger charge is 2.22. The van der Waals surface area contributed by atoms with E-state index >= 15 is 0 Å². The number of amides is 1. The third kappa shape index (κ3) is 6.15. The van der Waals surface area contributed by atoms with Crippen LogP contribution in [0.1, 0.15) is 48.1 Å². The van der Waals surface area contributed by atoms with E-state index in [1.54, 1.807) is 0 Å². The second-order valence-electron chi connectivity index (χ2n) is 8.57. The third-order valence-corrected chi connectivity index (χ3v) is 5.32. The van der Waals surface area contributed by atoms with Crippen molar-refractivity contribution in [3.63, 3.8) is 0 Å². The molecule has 1 amide bonds. The summed E-state index contributed by atoms with van der Waals surface area (Å²) in [4.78, 5) is 14.9. The minimum atomic E-state index is -0.0228. The predicted octanol–water partition coefficient (Wildman–Crippen LogP) is 3.18. The van der Waals surface area contributed by atoms with Crippen LogP contribution in [0.4, 0.5) is 0 Å². The van der Waals surface area contributed by atoms with E-state index in [-0.39, 0.29) is 18.1 Å². The van der Waals surface area contributed by atoms with Crippen LogP contribution in [0.5, 0.6) is 0 Å². The summed E-state index contributed by atoms with van der Waals surface area (Å²) in [5, 5.41) is 7.55. The number of aromatic nitrogens is 2. The number of benzene rings is 1. The molecule has 29 heavy (non-hydrogen) atoms. The minimum Gasteiger partial charge on any atom is -0.373 e. The van der Waals surface area contributed by atoms with Crippen LogP contribution in [-0.4, -0.2) is 52.4 Å². The van der Waals surface area contributed by atoms with Crippen molar-refractivity contribution >= 4 is 5.91 Å². The van der Waals surface area contributed by atoms with Crippen molar-refractivity contribution < 1.29 is 9.53 Å². The molecule has 1 aromatic heterocycles. The Labute approximate surface area is 174 Å². The molecule has 1 fully saturated rings. The van der Waals surface area contributed by atoms with Gasteiger partial charge in [-0.05, 0) is 57.4 Å². The van der Waals surface area contributed by atoms with Gasteiger partial charge in [-0.3, -0.25) is 14.4 Å². The fraction of sp³-hybridized carbons (Fsp3) is 0.565. The SMILES string of the molecule is Cc1cc(C)n(C[C@H](C)CNC(=O)c2ccc(CN3C[C@@H](C)O[C@@H](C)C3)cc2)n1. The number of aryl methyl sites for hydroxylation is 2. The number of morpholine rings is 1. The van der Waals surface area contributed by atoms with Gasteiger partial charge in [-0.1, -0.05) is 19.1 Å². The quantitative estimate of drug-likeness (QED) is 0.778. The topological polar surface area (TPSA) is 59.4 Å². The lowest BCUT2D eigenvalue weighted by Crippen LogP contribution is -2.44. The van der Waals surface area contributed by atoms with E-state index in [4.69, 9.17) is 4.74 Å². The van der Waals surface area contributed by atoms with E-state index < -0.39 is 0 Å². The number of nitrogens with one attached hydrogen (secondary N) is 1. The van der Waals surface area contributed by atoms with Crippen molar-refractivity contribution in [2.75, 3.05) is 19.6 Å². The molecule has 1 aliphatic rings. The zero-order chi connectivity index (χ0) is 21.0. The van der Waals surface area contributed by atoms with E-state index in [9.17, 15) is 4.79 Å². The highest BCUT2D eigenvalue weighted by molar-refractivity contribution is 5.94. The molecule has 3 atom stereocenters. The van der Waals surface area contributed by atoms with Gasteiger partial charge in [-0.2, -0.15) is 5.10 Å². The largest absolute Gasteiger partial charge is 0.373 e. The maximum atomic E-state index is 12.5. The fourth-order valence-corrected chi connectivity index (χ4v) is 4.02. The van der Waals surface area contributed by atoms with Gasteiger partial charge >= 0.3 is 0 Å². The van der Waals surface area contributed by atoms with E-state index in [0.29, 0.717) is 18.0 Å². The monoisotopic (exact) mass is 398 g/mol.